The fourth-order valence-electron chi connectivity index (χ4n) is 5.36. The van der Waals surface area contributed by atoms with E-state index in [0.717, 1.165) is 17.8 Å². The summed E-state index contributed by atoms with van der Waals surface area (Å²) in [6.07, 6.45) is 8.77. The summed E-state index contributed by atoms with van der Waals surface area (Å²) in [6, 6.07) is 2.55. The van der Waals surface area contributed by atoms with Crippen LogP contribution < -0.4 is 5.73 Å². The first kappa shape index (κ1) is 10.6. The highest BCUT2D eigenvalue weighted by Gasteiger charge is 2.53. The molecule has 0 aliphatic heterocycles. The molecule has 1 unspecified atom stereocenters. The number of nitrogens with two attached hydrogens (primary N) is 1. The molecule has 92 valence electrons. The molecule has 1 atom stereocenters. The Labute approximate surface area is 107 Å². The fraction of sp³-hybridized carbons (Fsp3) is 0.733. The molecular formula is C15H21NS. The van der Waals surface area contributed by atoms with E-state index in [4.69, 9.17) is 5.73 Å². The van der Waals surface area contributed by atoms with Gasteiger partial charge in [0.2, 0.25) is 0 Å². The van der Waals surface area contributed by atoms with Crippen LogP contribution in [0.25, 0.3) is 0 Å². The van der Waals surface area contributed by atoms with Crippen LogP contribution in [-0.2, 0) is 0 Å². The third kappa shape index (κ3) is 1.53. The minimum absolute atomic E-state index is 0.308. The van der Waals surface area contributed by atoms with Gasteiger partial charge >= 0.3 is 0 Å². The van der Waals surface area contributed by atoms with Gasteiger partial charge in [-0.2, -0.15) is 11.3 Å². The van der Waals surface area contributed by atoms with Crippen molar-refractivity contribution in [1.29, 1.82) is 0 Å². The van der Waals surface area contributed by atoms with Gasteiger partial charge in [0.15, 0.2) is 0 Å². The smallest absolute Gasteiger partial charge is 0.0360 e. The Morgan fingerprint density at radius 3 is 2.18 bits per heavy atom. The molecule has 5 rings (SSSR count). The van der Waals surface area contributed by atoms with Crippen LogP contribution in [0.5, 0.6) is 0 Å². The highest BCUT2D eigenvalue weighted by molar-refractivity contribution is 7.07. The second kappa shape index (κ2) is 3.58. The van der Waals surface area contributed by atoms with Crippen molar-refractivity contribution in [2.24, 2.45) is 28.9 Å². The highest BCUT2D eigenvalue weighted by atomic mass is 32.1. The normalized spacial score (nSPS) is 45.1. The molecule has 0 spiro atoms. The Hall–Kier alpha value is -0.340. The topological polar surface area (TPSA) is 26.0 Å². The summed E-state index contributed by atoms with van der Waals surface area (Å²) in [7, 11) is 0. The van der Waals surface area contributed by atoms with Gasteiger partial charge in [0.1, 0.15) is 0 Å². The van der Waals surface area contributed by atoms with Crippen LogP contribution in [0.3, 0.4) is 0 Å². The van der Waals surface area contributed by atoms with E-state index in [2.05, 4.69) is 16.8 Å². The van der Waals surface area contributed by atoms with Crippen LogP contribution in [0.15, 0.2) is 16.8 Å². The molecule has 4 aliphatic rings. The second-order valence-electron chi connectivity index (χ2n) is 6.81. The number of thiophene rings is 1. The van der Waals surface area contributed by atoms with Crippen molar-refractivity contribution in [3.8, 4) is 0 Å². The zero-order valence-electron chi connectivity index (χ0n) is 10.3. The average Bonchev–Trinajstić information content (AvgIpc) is 2.79. The Morgan fingerprint density at radius 1 is 1.12 bits per heavy atom. The molecule has 0 aromatic carbocycles. The maximum absolute atomic E-state index is 6.65. The van der Waals surface area contributed by atoms with Gasteiger partial charge in [0, 0.05) is 6.04 Å². The number of hydrogen-bond acceptors (Lipinski definition) is 2. The molecule has 1 nitrogen and oxygen atoms in total. The molecule has 0 radical (unpaired) electrons. The summed E-state index contributed by atoms with van der Waals surface area (Å²) in [5, 5.41) is 4.44. The lowest BCUT2D eigenvalue weighted by Gasteiger charge is -2.58. The first-order valence-corrected chi connectivity index (χ1v) is 7.97. The van der Waals surface area contributed by atoms with Gasteiger partial charge in [-0.1, -0.05) is 0 Å². The predicted octanol–water partition coefficient (Wildman–Crippen LogP) is 3.96. The average molecular weight is 247 g/mol. The first-order chi connectivity index (χ1) is 8.25. The van der Waals surface area contributed by atoms with Gasteiger partial charge in [0.25, 0.3) is 0 Å². The largest absolute Gasteiger partial charge is 0.323 e. The lowest BCUT2D eigenvalue weighted by atomic mass is 9.47. The standard InChI is InChI=1S/C15H21NS/c16-14(13-1-2-17-9-13)15-6-10-3-11(7-15)5-12(4-10)8-15/h1-2,9-12,14H,3-8,16H2. The van der Waals surface area contributed by atoms with Gasteiger partial charge in [-0.05, 0) is 84.1 Å². The third-order valence-corrected chi connectivity index (χ3v) is 6.35. The molecule has 4 fully saturated rings. The number of hydrogen-bond donors (Lipinski definition) is 1. The Kier molecular flexibility index (Phi) is 2.23. The first-order valence-electron chi connectivity index (χ1n) is 7.03. The van der Waals surface area contributed by atoms with Crippen LogP contribution in [0, 0.1) is 23.2 Å². The fourth-order valence-corrected chi connectivity index (χ4v) is 6.06. The molecular weight excluding hydrogens is 226 g/mol. The molecule has 1 heterocycles. The van der Waals surface area contributed by atoms with Gasteiger partial charge in [0.05, 0.1) is 0 Å². The van der Waals surface area contributed by atoms with E-state index < -0.39 is 0 Å². The lowest BCUT2D eigenvalue weighted by molar-refractivity contribution is -0.0677. The zero-order chi connectivity index (χ0) is 11.5. The van der Waals surface area contributed by atoms with Crippen molar-refractivity contribution < 1.29 is 0 Å². The van der Waals surface area contributed by atoms with Crippen molar-refractivity contribution in [3.05, 3.63) is 22.4 Å². The summed E-state index contributed by atoms with van der Waals surface area (Å²) in [6.45, 7) is 0. The third-order valence-electron chi connectivity index (χ3n) is 5.65. The Balaban J connectivity index is 1.68. The minimum atomic E-state index is 0.308. The van der Waals surface area contributed by atoms with E-state index in [1.54, 1.807) is 11.3 Å². The molecule has 4 aliphatic carbocycles. The Morgan fingerprint density at radius 2 is 1.71 bits per heavy atom. The van der Waals surface area contributed by atoms with E-state index in [1.807, 2.05) is 0 Å². The molecule has 17 heavy (non-hydrogen) atoms. The van der Waals surface area contributed by atoms with Crippen LogP contribution in [0.1, 0.15) is 50.1 Å². The quantitative estimate of drug-likeness (QED) is 0.841. The summed E-state index contributed by atoms with van der Waals surface area (Å²) in [4.78, 5) is 0. The molecule has 0 amide bonds. The van der Waals surface area contributed by atoms with Crippen LogP contribution in [0.4, 0.5) is 0 Å². The summed E-state index contributed by atoms with van der Waals surface area (Å²) < 4.78 is 0. The zero-order valence-corrected chi connectivity index (χ0v) is 11.1. The molecule has 4 saturated carbocycles. The van der Waals surface area contributed by atoms with E-state index in [9.17, 15) is 0 Å². The summed E-state index contributed by atoms with van der Waals surface area (Å²) in [5.74, 6) is 3.02. The molecule has 1 aromatic rings. The molecule has 4 bridgehead atoms. The lowest BCUT2D eigenvalue weighted by Crippen LogP contribution is -2.50. The van der Waals surface area contributed by atoms with Gasteiger partial charge in [-0.25, -0.2) is 0 Å². The second-order valence-corrected chi connectivity index (χ2v) is 7.59. The van der Waals surface area contributed by atoms with Crippen LogP contribution in [-0.4, -0.2) is 0 Å². The van der Waals surface area contributed by atoms with Crippen molar-refractivity contribution in [3.63, 3.8) is 0 Å². The van der Waals surface area contributed by atoms with Crippen molar-refractivity contribution in [2.75, 3.05) is 0 Å². The molecule has 0 saturated heterocycles. The SMILES string of the molecule is NC(c1ccsc1)C12CC3CC(CC(C3)C1)C2. The minimum Gasteiger partial charge on any atom is -0.323 e. The molecule has 2 heteroatoms. The summed E-state index contributed by atoms with van der Waals surface area (Å²) >= 11 is 1.79. The van der Waals surface area contributed by atoms with Crippen LogP contribution in [0.2, 0.25) is 0 Å². The van der Waals surface area contributed by atoms with Gasteiger partial charge < -0.3 is 5.73 Å². The maximum atomic E-state index is 6.65. The van der Waals surface area contributed by atoms with E-state index >= 15 is 0 Å². The number of rotatable bonds is 2. The van der Waals surface area contributed by atoms with Crippen LogP contribution >= 0.6 is 11.3 Å². The molecule has 1 aromatic heterocycles. The monoisotopic (exact) mass is 247 g/mol. The van der Waals surface area contributed by atoms with Crippen molar-refractivity contribution in [1.82, 2.24) is 0 Å². The van der Waals surface area contributed by atoms with Gasteiger partial charge in [-0.15, -0.1) is 0 Å². The molecule has 2 N–H and O–H groups in total. The van der Waals surface area contributed by atoms with E-state index in [-0.39, 0.29) is 0 Å². The van der Waals surface area contributed by atoms with Gasteiger partial charge in [-0.3, -0.25) is 0 Å². The van der Waals surface area contributed by atoms with E-state index in [0.29, 0.717) is 11.5 Å². The van der Waals surface area contributed by atoms with Crippen molar-refractivity contribution in [2.45, 2.75) is 44.6 Å². The Bertz CT molecular complexity index is 373. The summed E-state index contributed by atoms with van der Waals surface area (Å²) in [5.41, 5.74) is 8.51. The predicted molar refractivity (Wildman–Crippen MR) is 71.9 cm³/mol. The van der Waals surface area contributed by atoms with Crippen molar-refractivity contribution >= 4 is 11.3 Å². The van der Waals surface area contributed by atoms with E-state index in [1.165, 1.54) is 44.1 Å². The maximum Gasteiger partial charge on any atom is 0.0360 e. The highest BCUT2D eigenvalue weighted by Crippen LogP contribution is 2.63.